The van der Waals surface area contributed by atoms with Crippen LogP contribution in [0.2, 0.25) is 0 Å². The van der Waals surface area contributed by atoms with Crippen LogP contribution in [0.15, 0.2) is 53.4 Å². The van der Waals surface area contributed by atoms with Crippen LogP contribution in [0, 0.1) is 23.1 Å². The second-order valence-electron chi connectivity index (χ2n) is 5.59. The molecule has 1 atom stereocenters. The van der Waals surface area contributed by atoms with Gasteiger partial charge in [-0.1, -0.05) is 30.3 Å². The number of carbonyl (C=O) groups excluding carboxylic acids is 2. The molecule has 2 rings (SSSR count). The number of rotatable bonds is 8. The standard InChI is InChI=1S/C19H17FN2O5S/c1-2-27-19(24)15(11-21)18(23)14-8-4-6-10-17(14)28(25,26)22-12-13-7-3-5-9-16(13)20/h3-10,15,22H,2,12H2,1H3. The van der Waals surface area contributed by atoms with Gasteiger partial charge in [-0.2, -0.15) is 5.26 Å². The number of sulfonamides is 1. The number of halogens is 1. The van der Waals surface area contributed by atoms with Crippen molar-refractivity contribution in [2.75, 3.05) is 6.61 Å². The second kappa shape index (κ2) is 9.21. The highest BCUT2D eigenvalue weighted by Gasteiger charge is 2.32. The highest BCUT2D eigenvalue weighted by molar-refractivity contribution is 7.89. The molecular formula is C19H17FN2O5S. The van der Waals surface area contributed by atoms with Crippen molar-refractivity contribution in [3.05, 3.63) is 65.5 Å². The predicted molar refractivity (Wildman–Crippen MR) is 96.9 cm³/mol. The number of nitrogens with zero attached hydrogens (tertiary/aromatic N) is 1. The van der Waals surface area contributed by atoms with Crippen LogP contribution in [0.5, 0.6) is 0 Å². The van der Waals surface area contributed by atoms with Crippen LogP contribution < -0.4 is 4.72 Å². The number of nitrogens with one attached hydrogen (secondary N) is 1. The molecule has 0 aliphatic heterocycles. The van der Waals surface area contributed by atoms with Gasteiger partial charge in [0.2, 0.25) is 15.9 Å². The summed E-state index contributed by atoms with van der Waals surface area (Å²) < 4.78 is 46.0. The minimum absolute atomic E-state index is 0.0333. The normalized spacial score (nSPS) is 12.0. The van der Waals surface area contributed by atoms with Gasteiger partial charge in [0, 0.05) is 17.7 Å². The molecular weight excluding hydrogens is 387 g/mol. The molecule has 0 aromatic heterocycles. The Hall–Kier alpha value is -3.09. The van der Waals surface area contributed by atoms with Crippen LogP contribution in [0.4, 0.5) is 4.39 Å². The molecule has 7 nitrogen and oxygen atoms in total. The molecule has 1 unspecified atom stereocenters. The lowest BCUT2D eigenvalue weighted by Gasteiger charge is -2.13. The predicted octanol–water partition coefficient (Wildman–Crippen LogP) is 2.19. The molecule has 0 saturated carbocycles. The average Bonchev–Trinajstić information content (AvgIpc) is 2.68. The minimum atomic E-state index is -4.23. The summed E-state index contributed by atoms with van der Waals surface area (Å²) in [6, 6.07) is 12.3. The SMILES string of the molecule is CCOC(=O)C(C#N)C(=O)c1ccccc1S(=O)(=O)NCc1ccccc1F. The Labute approximate surface area is 161 Å². The fourth-order valence-corrected chi connectivity index (χ4v) is 3.61. The third-order valence-electron chi connectivity index (χ3n) is 3.77. The molecule has 0 fully saturated rings. The van der Waals surface area contributed by atoms with Crippen molar-refractivity contribution >= 4 is 21.8 Å². The number of carbonyl (C=O) groups is 2. The van der Waals surface area contributed by atoms with Crippen LogP contribution in [-0.2, 0) is 26.1 Å². The van der Waals surface area contributed by atoms with Crippen molar-refractivity contribution in [3.8, 4) is 6.07 Å². The van der Waals surface area contributed by atoms with Gasteiger partial charge in [-0.15, -0.1) is 0 Å². The highest BCUT2D eigenvalue weighted by Crippen LogP contribution is 2.20. The van der Waals surface area contributed by atoms with Gasteiger partial charge in [0.1, 0.15) is 5.82 Å². The lowest BCUT2D eigenvalue weighted by molar-refractivity contribution is -0.144. The maximum atomic E-state index is 13.7. The van der Waals surface area contributed by atoms with Crippen molar-refractivity contribution < 1.29 is 27.1 Å². The van der Waals surface area contributed by atoms with Crippen LogP contribution in [0.1, 0.15) is 22.8 Å². The van der Waals surface area contributed by atoms with E-state index in [1.54, 1.807) is 6.07 Å². The molecule has 0 spiro atoms. The van der Waals surface area contributed by atoms with Crippen LogP contribution >= 0.6 is 0 Å². The third-order valence-corrected chi connectivity index (χ3v) is 5.23. The number of ketones is 1. The van der Waals surface area contributed by atoms with E-state index in [2.05, 4.69) is 4.72 Å². The molecule has 28 heavy (non-hydrogen) atoms. The van der Waals surface area contributed by atoms with Gasteiger partial charge in [0.05, 0.1) is 17.6 Å². The van der Waals surface area contributed by atoms with Gasteiger partial charge < -0.3 is 4.74 Å². The summed E-state index contributed by atoms with van der Waals surface area (Å²) in [6.45, 7) is 1.15. The molecule has 2 aromatic carbocycles. The number of ether oxygens (including phenoxy) is 1. The Morgan fingerprint density at radius 2 is 1.82 bits per heavy atom. The van der Waals surface area contributed by atoms with Crippen molar-refractivity contribution in [3.63, 3.8) is 0 Å². The Bertz CT molecular complexity index is 1030. The molecule has 0 amide bonds. The fraction of sp³-hybridized carbons (Fsp3) is 0.211. The number of esters is 1. The first kappa shape index (κ1) is 21.2. The lowest BCUT2D eigenvalue weighted by atomic mass is 9.99. The molecule has 0 radical (unpaired) electrons. The van der Waals surface area contributed by atoms with E-state index in [-0.39, 0.29) is 24.3 Å². The van der Waals surface area contributed by atoms with E-state index in [1.807, 2.05) is 0 Å². The maximum absolute atomic E-state index is 13.7. The molecule has 0 saturated heterocycles. The number of hydrogen-bond acceptors (Lipinski definition) is 6. The summed E-state index contributed by atoms with van der Waals surface area (Å²) in [5.74, 6) is -4.42. The average molecular weight is 404 g/mol. The Balaban J connectivity index is 2.34. The molecule has 2 aromatic rings. The number of Topliss-reactive ketones (excluding diaryl/α,β-unsaturated/α-hetero) is 1. The zero-order valence-corrected chi connectivity index (χ0v) is 15.7. The molecule has 0 aliphatic carbocycles. The summed E-state index contributed by atoms with van der Waals surface area (Å²) in [5, 5.41) is 9.15. The zero-order valence-electron chi connectivity index (χ0n) is 14.9. The molecule has 0 aliphatic rings. The first-order valence-electron chi connectivity index (χ1n) is 8.24. The Kier molecular flexibility index (Phi) is 6.98. The van der Waals surface area contributed by atoms with Crippen LogP contribution in [0.25, 0.3) is 0 Å². The molecule has 9 heteroatoms. The van der Waals surface area contributed by atoms with Gasteiger partial charge in [-0.25, -0.2) is 17.5 Å². The van der Waals surface area contributed by atoms with E-state index in [4.69, 9.17) is 10.00 Å². The van der Waals surface area contributed by atoms with Gasteiger partial charge in [-0.05, 0) is 25.1 Å². The van der Waals surface area contributed by atoms with Gasteiger partial charge >= 0.3 is 5.97 Å². The number of benzene rings is 2. The van der Waals surface area contributed by atoms with E-state index in [9.17, 15) is 22.4 Å². The largest absolute Gasteiger partial charge is 0.465 e. The number of hydrogen-bond donors (Lipinski definition) is 1. The molecule has 1 N–H and O–H groups in total. The van der Waals surface area contributed by atoms with Crippen molar-refractivity contribution in [2.24, 2.45) is 5.92 Å². The molecule has 0 bridgehead atoms. The summed E-state index contributed by atoms with van der Waals surface area (Å²) in [6.07, 6.45) is 0. The van der Waals surface area contributed by atoms with Crippen LogP contribution in [0.3, 0.4) is 0 Å². The van der Waals surface area contributed by atoms with E-state index in [0.717, 1.165) is 6.07 Å². The Morgan fingerprint density at radius 3 is 2.46 bits per heavy atom. The Morgan fingerprint density at radius 1 is 1.18 bits per heavy atom. The molecule has 0 heterocycles. The van der Waals surface area contributed by atoms with Gasteiger partial charge in [0.25, 0.3) is 0 Å². The topological polar surface area (TPSA) is 113 Å². The number of nitriles is 1. The summed E-state index contributed by atoms with van der Waals surface area (Å²) in [4.78, 5) is 24.0. The van der Waals surface area contributed by atoms with Crippen molar-refractivity contribution in [1.29, 1.82) is 5.26 Å². The van der Waals surface area contributed by atoms with E-state index >= 15 is 0 Å². The summed E-state index contributed by atoms with van der Waals surface area (Å²) in [7, 11) is -4.23. The second-order valence-corrected chi connectivity index (χ2v) is 7.33. The van der Waals surface area contributed by atoms with Crippen molar-refractivity contribution in [1.82, 2.24) is 4.72 Å². The maximum Gasteiger partial charge on any atom is 0.331 e. The zero-order chi connectivity index (χ0) is 20.7. The van der Waals surface area contributed by atoms with E-state index < -0.39 is 38.4 Å². The smallest absolute Gasteiger partial charge is 0.331 e. The monoisotopic (exact) mass is 404 g/mol. The highest BCUT2D eigenvalue weighted by atomic mass is 32.2. The van der Waals surface area contributed by atoms with Crippen molar-refractivity contribution in [2.45, 2.75) is 18.4 Å². The first-order chi connectivity index (χ1) is 13.3. The summed E-state index contributed by atoms with van der Waals surface area (Å²) >= 11 is 0. The lowest BCUT2D eigenvalue weighted by Crippen LogP contribution is -2.29. The fourth-order valence-electron chi connectivity index (χ4n) is 2.40. The summed E-state index contributed by atoms with van der Waals surface area (Å²) in [5.41, 5.74) is -0.209. The molecule has 146 valence electrons. The quantitative estimate of drug-likeness (QED) is 0.410. The van der Waals surface area contributed by atoms with Gasteiger partial charge in [-0.3, -0.25) is 9.59 Å². The minimum Gasteiger partial charge on any atom is -0.465 e. The van der Waals surface area contributed by atoms with Gasteiger partial charge in [0.15, 0.2) is 5.78 Å². The third kappa shape index (κ3) is 4.79. The first-order valence-corrected chi connectivity index (χ1v) is 9.72. The van der Waals surface area contributed by atoms with Crippen LogP contribution in [-0.4, -0.2) is 26.8 Å². The van der Waals surface area contributed by atoms with E-state index in [0.29, 0.717) is 0 Å². The van der Waals surface area contributed by atoms with E-state index in [1.165, 1.54) is 49.4 Å².